The van der Waals surface area contributed by atoms with Crippen LogP contribution in [0.2, 0.25) is 0 Å². The van der Waals surface area contributed by atoms with E-state index in [1.807, 2.05) is 24.3 Å². The van der Waals surface area contributed by atoms with Crippen LogP contribution in [0.25, 0.3) is 11.4 Å². The van der Waals surface area contributed by atoms with E-state index in [-0.39, 0.29) is 6.03 Å². The Labute approximate surface area is 191 Å². The summed E-state index contributed by atoms with van der Waals surface area (Å²) in [6, 6.07) is 10.9. The number of carbonyl (C=O) groups excluding carboxylic acids is 1. The number of anilines is 4. The summed E-state index contributed by atoms with van der Waals surface area (Å²) in [6.45, 7) is 4.55. The highest BCUT2D eigenvalue weighted by atomic mass is 16.5. The van der Waals surface area contributed by atoms with Gasteiger partial charge >= 0.3 is 6.03 Å². The molecule has 0 radical (unpaired) electrons. The number of amides is 2. The lowest BCUT2D eigenvalue weighted by Crippen LogP contribution is -2.51. The lowest BCUT2D eigenvalue weighted by molar-refractivity contribution is 0.122. The molecule has 2 amide bonds. The first-order valence-electron chi connectivity index (χ1n) is 10.9. The van der Waals surface area contributed by atoms with Crippen molar-refractivity contribution in [2.75, 3.05) is 60.2 Å². The van der Waals surface area contributed by atoms with Crippen LogP contribution in [0.1, 0.15) is 0 Å². The standard InChI is InChI=1S/C22H25N9O2/c32-22(27-17-2-1-7-23-12-17)26-16-5-3-15(4-6-16)19-28-20(25-18-13-24-14-18)30-21(29-19)31-8-10-33-11-9-31/h1-7,12,18,24H,8-11,13-14H2,(H2,26,27,32)(H,25,28,29,30). The maximum Gasteiger partial charge on any atom is 0.323 e. The molecule has 0 bridgehead atoms. The second-order valence-corrected chi connectivity index (χ2v) is 7.78. The van der Waals surface area contributed by atoms with E-state index in [1.165, 1.54) is 0 Å². The van der Waals surface area contributed by atoms with Gasteiger partial charge in [0.15, 0.2) is 5.82 Å². The minimum Gasteiger partial charge on any atom is -0.378 e. The topological polar surface area (TPSA) is 129 Å². The van der Waals surface area contributed by atoms with Crippen molar-refractivity contribution in [3.05, 3.63) is 48.8 Å². The highest BCUT2D eigenvalue weighted by Crippen LogP contribution is 2.23. The number of hydrogen-bond donors (Lipinski definition) is 4. The molecule has 2 aliphatic heterocycles. The number of carbonyl (C=O) groups is 1. The molecule has 2 aliphatic rings. The Kier molecular flexibility index (Phi) is 6.22. The minimum absolute atomic E-state index is 0.308. The van der Waals surface area contributed by atoms with Crippen LogP contribution in [0.15, 0.2) is 48.8 Å². The van der Waals surface area contributed by atoms with Crippen molar-refractivity contribution < 1.29 is 9.53 Å². The smallest absolute Gasteiger partial charge is 0.323 e. The molecule has 0 aliphatic carbocycles. The average molecular weight is 448 g/mol. The van der Waals surface area contributed by atoms with Gasteiger partial charge in [-0.3, -0.25) is 4.98 Å². The van der Waals surface area contributed by atoms with E-state index >= 15 is 0 Å². The van der Waals surface area contributed by atoms with Crippen LogP contribution >= 0.6 is 0 Å². The Morgan fingerprint density at radius 3 is 2.48 bits per heavy atom. The minimum atomic E-state index is -0.342. The molecule has 1 aromatic carbocycles. The summed E-state index contributed by atoms with van der Waals surface area (Å²) in [6.07, 6.45) is 3.23. The number of morpholine rings is 1. The first kappa shape index (κ1) is 21.0. The third kappa shape index (κ3) is 5.33. The van der Waals surface area contributed by atoms with Crippen molar-refractivity contribution in [2.24, 2.45) is 0 Å². The zero-order valence-electron chi connectivity index (χ0n) is 18.0. The van der Waals surface area contributed by atoms with E-state index in [2.05, 4.69) is 41.1 Å². The molecule has 4 N–H and O–H groups in total. The molecule has 5 rings (SSSR count). The van der Waals surface area contributed by atoms with Crippen molar-refractivity contribution >= 4 is 29.3 Å². The van der Waals surface area contributed by atoms with Gasteiger partial charge in [-0.2, -0.15) is 15.0 Å². The third-order valence-electron chi connectivity index (χ3n) is 5.35. The van der Waals surface area contributed by atoms with Crippen LogP contribution in [0.5, 0.6) is 0 Å². The first-order chi connectivity index (χ1) is 16.2. The van der Waals surface area contributed by atoms with Crippen LogP contribution in [0.3, 0.4) is 0 Å². The maximum absolute atomic E-state index is 12.2. The summed E-state index contributed by atoms with van der Waals surface area (Å²) in [4.78, 5) is 32.3. The largest absolute Gasteiger partial charge is 0.378 e. The van der Waals surface area contributed by atoms with Crippen LogP contribution < -0.4 is 26.2 Å². The summed E-state index contributed by atoms with van der Waals surface area (Å²) >= 11 is 0. The number of benzene rings is 1. The highest BCUT2D eigenvalue weighted by Gasteiger charge is 2.21. The van der Waals surface area contributed by atoms with Gasteiger partial charge in [-0.25, -0.2) is 4.79 Å². The van der Waals surface area contributed by atoms with Crippen LogP contribution in [0.4, 0.5) is 28.1 Å². The summed E-state index contributed by atoms with van der Waals surface area (Å²) in [5.41, 5.74) is 2.11. The average Bonchev–Trinajstić information content (AvgIpc) is 2.83. The van der Waals surface area contributed by atoms with Crippen LogP contribution in [0, 0.1) is 0 Å². The van der Waals surface area contributed by atoms with E-state index in [9.17, 15) is 4.79 Å². The van der Waals surface area contributed by atoms with E-state index in [0.29, 0.717) is 48.4 Å². The lowest BCUT2D eigenvalue weighted by atomic mass is 10.2. The fourth-order valence-corrected chi connectivity index (χ4v) is 3.47. The Bertz CT molecular complexity index is 1080. The van der Waals surface area contributed by atoms with E-state index in [1.54, 1.807) is 24.5 Å². The summed E-state index contributed by atoms with van der Waals surface area (Å²) in [7, 11) is 0. The zero-order chi connectivity index (χ0) is 22.5. The van der Waals surface area contributed by atoms with Gasteiger partial charge in [0.25, 0.3) is 0 Å². The quantitative estimate of drug-likeness (QED) is 0.447. The molecule has 2 fully saturated rings. The Morgan fingerprint density at radius 1 is 1.00 bits per heavy atom. The monoisotopic (exact) mass is 447 g/mol. The molecule has 2 saturated heterocycles. The lowest BCUT2D eigenvalue weighted by Gasteiger charge is -2.29. The van der Waals surface area contributed by atoms with Crippen LogP contribution in [-0.2, 0) is 4.74 Å². The van der Waals surface area contributed by atoms with Gasteiger partial charge in [0.05, 0.1) is 31.1 Å². The number of nitrogens with one attached hydrogen (secondary N) is 4. The number of nitrogens with zero attached hydrogens (tertiary/aromatic N) is 5. The van der Waals surface area contributed by atoms with Crippen LogP contribution in [-0.4, -0.2) is 71.4 Å². The van der Waals surface area contributed by atoms with Gasteiger partial charge in [-0.1, -0.05) is 0 Å². The number of aromatic nitrogens is 4. The van der Waals surface area contributed by atoms with Crippen molar-refractivity contribution in [1.82, 2.24) is 25.3 Å². The molecule has 11 nitrogen and oxygen atoms in total. The Morgan fingerprint density at radius 2 is 1.79 bits per heavy atom. The molecule has 3 aromatic rings. The summed E-state index contributed by atoms with van der Waals surface area (Å²) in [5.74, 6) is 1.77. The highest BCUT2D eigenvalue weighted by molar-refractivity contribution is 5.99. The molecule has 11 heteroatoms. The van der Waals surface area contributed by atoms with E-state index in [0.717, 1.165) is 31.7 Å². The van der Waals surface area contributed by atoms with Crippen molar-refractivity contribution in [1.29, 1.82) is 0 Å². The maximum atomic E-state index is 12.2. The molecule has 0 saturated carbocycles. The predicted octanol–water partition coefficient (Wildman–Crippen LogP) is 1.80. The molecule has 0 spiro atoms. The number of ether oxygens (including phenoxy) is 1. The van der Waals surface area contributed by atoms with Crippen molar-refractivity contribution in [2.45, 2.75) is 6.04 Å². The third-order valence-corrected chi connectivity index (χ3v) is 5.35. The second kappa shape index (κ2) is 9.76. The molecular weight excluding hydrogens is 422 g/mol. The van der Waals surface area contributed by atoms with Gasteiger partial charge in [-0.05, 0) is 36.4 Å². The number of rotatable bonds is 6. The fraction of sp³-hybridized carbons (Fsp3) is 0.318. The summed E-state index contributed by atoms with van der Waals surface area (Å²) < 4.78 is 5.46. The molecular formula is C22H25N9O2. The SMILES string of the molecule is O=C(Nc1ccc(-c2nc(NC3CNC3)nc(N3CCOCC3)n2)cc1)Nc1cccnc1. The van der Waals surface area contributed by atoms with Gasteiger partial charge < -0.3 is 30.9 Å². The van der Waals surface area contributed by atoms with Crippen molar-refractivity contribution in [3.63, 3.8) is 0 Å². The van der Waals surface area contributed by atoms with E-state index < -0.39 is 0 Å². The molecule has 4 heterocycles. The summed E-state index contributed by atoms with van der Waals surface area (Å²) in [5, 5.41) is 12.2. The Hall–Kier alpha value is -3.83. The normalized spacial score (nSPS) is 16.1. The van der Waals surface area contributed by atoms with Gasteiger partial charge in [0, 0.05) is 43.6 Å². The van der Waals surface area contributed by atoms with Gasteiger partial charge in [0.2, 0.25) is 11.9 Å². The van der Waals surface area contributed by atoms with Gasteiger partial charge in [-0.15, -0.1) is 0 Å². The van der Waals surface area contributed by atoms with E-state index in [4.69, 9.17) is 9.72 Å². The van der Waals surface area contributed by atoms with Gasteiger partial charge in [0.1, 0.15) is 0 Å². The Balaban J connectivity index is 1.32. The molecule has 0 atom stereocenters. The fourth-order valence-electron chi connectivity index (χ4n) is 3.47. The van der Waals surface area contributed by atoms with Crippen molar-refractivity contribution in [3.8, 4) is 11.4 Å². The molecule has 170 valence electrons. The molecule has 2 aromatic heterocycles. The number of urea groups is 1. The zero-order valence-corrected chi connectivity index (χ0v) is 18.0. The second-order valence-electron chi connectivity index (χ2n) is 7.78. The first-order valence-corrected chi connectivity index (χ1v) is 10.9. The number of hydrogen-bond acceptors (Lipinski definition) is 9. The number of pyridine rings is 1. The molecule has 33 heavy (non-hydrogen) atoms. The predicted molar refractivity (Wildman–Crippen MR) is 125 cm³/mol. The molecule has 0 unspecified atom stereocenters.